The summed E-state index contributed by atoms with van der Waals surface area (Å²) in [5.74, 6) is 1.58. The molecule has 31 heavy (non-hydrogen) atoms. The molecule has 0 spiro atoms. The standard InChI is InChI=1S/C23H23N3O3S2/c1-14-5-4-6-18(15(14)2)24-20(27)13-31-23-25-19-11-12-30-21(19)22(28)26(23)16-7-9-17(29-3)10-8-16/h4-10H,11-13H2,1-3H3,(H,24,27). The van der Waals surface area contributed by atoms with Crippen LogP contribution in [-0.4, -0.2) is 34.1 Å². The van der Waals surface area contributed by atoms with Crippen molar-refractivity contribution >= 4 is 35.1 Å². The molecule has 6 nitrogen and oxygen atoms in total. The van der Waals surface area contributed by atoms with Gasteiger partial charge < -0.3 is 10.1 Å². The molecule has 3 aromatic rings. The quantitative estimate of drug-likeness (QED) is 0.445. The number of amides is 1. The smallest absolute Gasteiger partial charge is 0.272 e. The Hall–Kier alpha value is -2.71. The number of ether oxygens (including phenoxy) is 1. The van der Waals surface area contributed by atoms with E-state index in [2.05, 4.69) is 5.32 Å². The predicted octanol–water partition coefficient (Wildman–Crippen LogP) is 4.24. The first kappa shape index (κ1) is 21.5. The molecule has 1 aliphatic rings. The molecule has 4 rings (SSSR count). The number of nitrogens with one attached hydrogen (secondary N) is 1. The minimum absolute atomic E-state index is 0.0879. The van der Waals surface area contributed by atoms with Gasteiger partial charge in [-0.2, -0.15) is 0 Å². The zero-order valence-electron chi connectivity index (χ0n) is 17.6. The molecular weight excluding hydrogens is 430 g/mol. The lowest BCUT2D eigenvalue weighted by atomic mass is 10.1. The van der Waals surface area contributed by atoms with E-state index in [1.54, 1.807) is 11.7 Å². The number of fused-ring (bicyclic) bond motifs is 1. The zero-order chi connectivity index (χ0) is 22.0. The first-order valence-corrected chi connectivity index (χ1v) is 11.9. The third-order valence-electron chi connectivity index (χ3n) is 5.21. The Morgan fingerprint density at radius 1 is 1.23 bits per heavy atom. The van der Waals surface area contributed by atoms with Crippen LogP contribution >= 0.6 is 23.5 Å². The summed E-state index contributed by atoms with van der Waals surface area (Å²) in [6, 6.07) is 13.1. The fourth-order valence-corrected chi connectivity index (χ4v) is 5.20. The summed E-state index contributed by atoms with van der Waals surface area (Å²) in [5.41, 5.74) is 4.40. The van der Waals surface area contributed by atoms with E-state index >= 15 is 0 Å². The minimum Gasteiger partial charge on any atom is -0.497 e. The first-order valence-electron chi connectivity index (χ1n) is 9.90. The fraction of sp³-hybridized carbons (Fsp3) is 0.261. The van der Waals surface area contributed by atoms with Crippen LogP contribution in [0.5, 0.6) is 5.75 Å². The second-order valence-electron chi connectivity index (χ2n) is 7.19. The van der Waals surface area contributed by atoms with Crippen LogP contribution in [0.3, 0.4) is 0 Å². The Balaban J connectivity index is 1.61. The molecule has 0 saturated heterocycles. The monoisotopic (exact) mass is 453 g/mol. The highest BCUT2D eigenvalue weighted by molar-refractivity contribution is 8.00. The van der Waals surface area contributed by atoms with Crippen LogP contribution in [0.1, 0.15) is 16.8 Å². The molecule has 2 aromatic carbocycles. The van der Waals surface area contributed by atoms with Crippen molar-refractivity contribution in [1.29, 1.82) is 0 Å². The SMILES string of the molecule is COc1ccc(-n2c(SCC(=O)Nc3cccc(C)c3C)nc3c(c2=O)SCC3)cc1. The normalized spacial score (nSPS) is 12.5. The summed E-state index contributed by atoms with van der Waals surface area (Å²) >= 11 is 2.81. The summed E-state index contributed by atoms with van der Waals surface area (Å²) in [5, 5.41) is 3.49. The van der Waals surface area contributed by atoms with Crippen LogP contribution in [0.15, 0.2) is 57.3 Å². The first-order chi connectivity index (χ1) is 15.0. The van der Waals surface area contributed by atoms with Crippen LogP contribution in [-0.2, 0) is 11.2 Å². The number of rotatable bonds is 6. The molecule has 0 fully saturated rings. The van der Waals surface area contributed by atoms with Gasteiger partial charge in [0, 0.05) is 17.9 Å². The van der Waals surface area contributed by atoms with Crippen LogP contribution in [0.4, 0.5) is 5.69 Å². The second-order valence-corrected chi connectivity index (χ2v) is 9.24. The number of benzene rings is 2. The maximum atomic E-state index is 13.2. The van der Waals surface area contributed by atoms with Gasteiger partial charge in [-0.05, 0) is 55.3 Å². The van der Waals surface area contributed by atoms with Gasteiger partial charge in [-0.3, -0.25) is 14.2 Å². The van der Waals surface area contributed by atoms with Crippen molar-refractivity contribution in [2.75, 3.05) is 23.9 Å². The predicted molar refractivity (Wildman–Crippen MR) is 126 cm³/mol. The van der Waals surface area contributed by atoms with E-state index in [4.69, 9.17) is 9.72 Å². The highest BCUT2D eigenvalue weighted by Crippen LogP contribution is 2.30. The topological polar surface area (TPSA) is 73.2 Å². The fourth-order valence-electron chi connectivity index (χ4n) is 3.35. The van der Waals surface area contributed by atoms with E-state index in [-0.39, 0.29) is 17.2 Å². The molecule has 0 aliphatic carbocycles. The molecule has 1 aliphatic heterocycles. The van der Waals surface area contributed by atoms with Crippen molar-refractivity contribution < 1.29 is 9.53 Å². The number of aryl methyl sites for hydroxylation is 2. The molecule has 2 heterocycles. The van der Waals surface area contributed by atoms with Gasteiger partial charge in [-0.25, -0.2) is 4.98 Å². The van der Waals surface area contributed by atoms with Crippen molar-refractivity contribution in [1.82, 2.24) is 9.55 Å². The van der Waals surface area contributed by atoms with Gasteiger partial charge in [0.1, 0.15) is 5.75 Å². The van der Waals surface area contributed by atoms with Gasteiger partial charge in [0.15, 0.2) is 5.16 Å². The van der Waals surface area contributed by atoms with Crippen molar-refractivity contribution in [3.8, 4) is 11.4 Å². The number of carbonyl (C=O) groups excluding carboxylic acids is 1. The number of anilines is 1. The van der Waals surface area contributed by atoms with Crippen LogP contribution in [0.25, 0.3) is 5.69 Å². The number of hydrogen-bond donors (Lipinski definition) is 1. The van der Waals surface area contributed by atoms with Gasteiger partial charge in [-0.1, -0.05) is 23.9 Å². The summed E-state index contributed by atoms with van der Waals surface area (Å²) in [7, 11) is 1.60. The van der Waals surface area contributed by atoms with Crippen molar-refractivity contribution in [3.05, 3.63) is 69.6 Å². The second kappa shape index (κ2) is 9.20. The third-order valence-corrected chi connectivity index (χ3v) is 7.25. The van der Waals surface area contributed by atoms with Crippen LogP contribution in [0.2, 0.25) is 0 Å². The Kier molecular flexibility index (Phi) is 6.38. The number of hydrogen-bond acceptors (Lipinski definition) is 6. The van der Waals surface area contributed by atoms with Gasteiger partial charge >= 0.3 is 0 Å². The summed E-state index contributed by atoms with van der Waals surface area (Å²) in [4.78, 5) is 31.3. The average Bonchev–Trinajstić information content (AvgIpc) is 3.25. The van der Waals surface area contributed by atoms with Crippen LogP contribution in [0, 0.1) is 13.8 Å². The number of aromatic nitrogens is 2. The highest BCUT2D eigenvalue weighted by Gasteiger charge is 2.23. The van der Waals surface area contributed by atoms with Crippen LogP contribution < -0.4 is 15.6 Å². The molecular formula is C23H23N3O3S2. The lowest BCUT2D eigenvalue weighted by molar-refractivity contribution is -0.113. The number of carbonyl (C=O) groups is 1. The van der Waals surface area contributed by atoms with Gasteiger partial charge in [0.2, 0.25) is 5.91 Å². The molecule has 0 unspecified atom stereocenters. The highest BCUT2D eigenvalue weighted by atomic mass is 32.2. The number of nitrogens with zero attached hydrogens (tertiary/aromatic N) is 2. The summed E-state index contributed by atoms with van der Waals surface area (Å²) in [6.45, 7) is 4.00. The van der Waals surface area contributed by atoms with E-state index in [1.807, 2.05) is 56.3 Å². The summed E-state index contributed by atoms with van der Waals surface area (Å²) < 4.78 is 6.82. The van der Waals surface area contributed by atoms with E-state index in [0.29, 0.717) is 21.5 Å². The Morgan fingerprint density at radius 3 is 2.74 bits per heavy atom. The Bertz CT molecular complexity index is 1190. The molecule has 0 atom stereocenters. The molecule has 1 N–H and O–H groups in total. The molecule has 0 saturated carbocycles. The van der Waals surface area contributed by atoms with Crippen molar-refractivity contribution in [3.63, 3.8) is 0 Å². The maximum Gasteiger partial charge on any atom is 0.272 e. The Morgan fingerprint density at radius 2 is 2.00 bits per heavy atom. The van der Waals surface area contributed by atoms with Crippen molar-refractivity contribution in [2.24, 2.45) is 0 Å². The molecule has 8 heteroatoms. The summed E-state index contributed by atoms with van der Waals surface area (Å²) in [6.07, 6.45) is 0.765. The lowest BCUT2D eigenvalue weighted by Crippen LogP contribution is -2.24. The molecule has 0 radical (unpaired) electrons. The lowest BCUT2D eigenvalue weighted by Gasteiger charge is -2.14. The van der Waals surface area contributed by atoms with Crippen molar-refractivity contribution in [2.45, 2.75) is 30.3 Å². The zero-order valence-corrected chi connectivity index (χ0v) is 19.2. The number of thioether (sulfide) groups is 2. The van der Waals surface area contributed by atoms with Gasteiger partial charge in [0.05, 0.1) is 29.1 Å². The van der Waals surface area contributed by atoms with Gasteiger partial charge in [-0.15, -0.1) is 11.8 Å². The average molecular weight is 454 g/mol. The van der Waals surface area contributed by atoms with E-state index < -0.39 is 0 Å². The minimum atomic E-state index is -0.135. The largest absolute Gasteiger partial charge is 0.497 e. The molecule has 0 bridgehead atoms. The number of methoxy groups -OCH3 is 1. The molecule has 160 valence electrons. The molecule has 1 aromatic heterocycles. The van der Waals surface area contributed by atoms with E-state index in [0.717, 1.165) is 34.7 Å². The Labute approximate surface area is 189 Å². The maximum absolute atomic E-state index is 13.2. The van der Waals surface area contributed by atoms with E-state index in [9.17, 15) is 9.59 Å². The molecule has 1 amide bonds. The van der Waals surface area contributed by atoms with Gasteiger partial charge in [0.25, 0.3) is 5.56 Å². The third kappa shape index (κ3) is 4.50. The van der Waals surface area contributed by atoms with E-state index in [1.165, 1.54) is 23.5 Å².